The second-order valence-electron chi connectivity index (χ2n) is 4.66. The lowest BCUT2D eigenvalue weighted by molar-refractivity contribution is 0.787. The van der Waals surface area contributed by atoms with Crippen molar-refractivity contribution in [1.29, 1.82) is 0 Å². The Morgan fingerprint density at radius 3 is 2.63 bits per heavy atom. The van der Waals surface area contributed by atoms with E-state index in [1.807, 2.05) is 49.4 Å². The van der Waals surface area contributed by atoms with Crippen molar-refractivity contribution in [2.75, 3.05) is 0 Å². The molecular weight excluding hydrogens is 260 g/mol. The van der Waals surface area contributed by atoms with Gasteiger partial charge in [-0.2, -0.15) is 0 Å². The number of H-pyrrole nitrogens is 1. The maximum atomic E-state index is 12.0. The molecule has 0 fully saturated rings. The average molecular weight is 273 g/mol. The fraction of sp³-hybridized carbons (Fsp3) is 0.133. The first-order chi connectivity index (χ1) is 9.13. The molecule has 2 aromatic carbocycles. The molecular formula is C15H13ClN2O. The Morgan fingerprint density at radius 2 is 1.89 bits per heavy atom. The highest BCUT2D eigenvalue weighted by molar-refractivity contribution is 6.30. The number of halogens is 1. The molecule has 3 rings (SSSR count). The molecule has 4 heteroatoms. The van der Waals surface area contributed by atoms with E-state index < -0.39 is 0 Å². The normalized spacial score (nSPS) is 11.1. The molecule has 0 saturated carbocycles. The number of hydrogen-bond donors (Lipinski definition) is 1. The molecule has 0 bridgehead atoms. The van der Waals surface area contributed by atoms with Crippen molar-refractivity contribution in [3.63, 3.8) is 0 Å². The van der Waals surface area contributed by atoms with Crippen LogP contribution in [0.4, 0.5) is 0 Å². The topological polar surface area (TPSA) is 37.8 Å². The van der Waals surface area contributed by atoms with Gasteiger partial charge in [-0.15, -0.1) is 0 Å². The zero-order chi connectivity index (χ0) is 13.4. The Bertz CT molecular complexity index is 784. The molecule has 1 aromatic heterocycles. The van der Waals surface area contributed by atoms with Gasteiger partial charge in [0.25, 0.3) is 0 Å². The highest BCUT2D eigenvalue weighted by atomic mass is 35.5. The van der Waals surface area contributed by atoms with Crippen LogP contribution in [0.1, 0.15) is 11.1 Å². The van der Waals surface area contributed by atoms with Gasteiger partial charge in [0.05, 0.1) is 17.6 Å². The van der Waals surface area contributed by atoms with Crippen molar-refractivity contribution in [3.05, 3.63) is 69.1 Å². The maximum absolute atomic E-state index is 12.0. The summed E-state index contributed by atoms with van der Waals surface area (Å²) in [5.74, 6) is 0. The van der Waals surface area contributed by atoms with Crippen LogP contribution in [-0.2, 0) is 6.54 Å². The molecule has 1 N–H and O–H groups in total. The number of fused-ring (bicyclic) bond motifs is 1. The third-order valence-electron chi connectivity index (χ3n) is 3.18. The predicted molar refractivity (Wildman–Crippen MR) is 77.8 cm³/mol. The standard InChI is InChI=1S/C15H13ClN2O/c1-10-2-7-13-14(8-10)18(15(19)17-13)9-11-3-5-12(16)6-4-11/h2-8H,9H2,1H3,(H,17,19). The quantitative estimate of drug-likeness (QED) is 0.763. The first-order valence-corrected chi connectivity index (χ1v) is 6.45. The lowest BCUT2D eigenvalue weighted by atomic mass is 10.2. The van der Waals surface area contributed by atoms with Crippen LogP contribution in [0.15, 0.2) is 47.3 Å². The third-order valence-corrected chi connectivity index (χ3v) is 3.44. The highest BCUT2D eigenvalue weighted by Gasteiger charge is 2.07. The van der Waals surface area contributed by atoms with Gasteiger partial charge in [0, 0.05) is 5.02 Å². The third kappa shape index (κ3) is 2.29. The zero-order valence-electron chi connectivity index (χ0n) is 10.5. The zero-order valence-corrected chi connectivity index (χ0v) is 11.2. The van der Waals surface area contributed by atoms with Gasteiger partial charge in [0.2, 0.25) is 0 Å². The van der Waals surface area contributed by atoms with E-state index in [-0.39, 0.29) is 5.69 Å². The van der Waals surface area contributed by atoms with Gasteiger partial charge < -0.3 is 4.98 Å². The average Bonchev–Trinajstić information content (AvgIpc) is 2.69. The number of nitrogens with zero attached hydrogens (tertiary/aromatic N) is 1. The van der Waals surface area contributed by atoms with Crippen molar-refractivity contribution in [2.45, 2.75) is 13.5 Å². The van der Waals surface area contributed by atoms with E-state index in [1.54, 1.807) is 4.57 Å². The smallest absolute Gasteiger partial charge is 0.306 e. The van der Waals surface area contributed by atoms with E-state index in [9.17, 15) is 4.79 Å². The Labute approximate surface area is 115 Å². The first-order valence-electron chi connectivity index (χ1n) is 6.07. The van der Waals surface area contributed by atoms with Crippen molar-refractivity contribution < 1.29 is 0 Å². The minimum Gasteiger partial charge on any atom is -0.306 e. The lowest BCUT2D eigenvalue weighted by Crippen LogP contribution is -2.17. The summed E-state index contributed by atoms with van der Waals surface area (Å²) in [5.41, 5.74) is 3.89. The van der Waals surface area contributed by atoms with Crippen LogP contribution in [0.25, 0.3) is 11.0 Å². The van der Waals surface area contributed by atoms with E-state index in [0.717, 1.165) is 22.2 Å². The van der Waals surface area contributed by atoms with Crippen LogP contribution in [0.2, 0.25) is 5.02 Å². The molecule has 96 valence electrons. The summed E-state index contributed by atoms with van der Waals surface area (Å²) in [6.07, 6.45) is 0. The molecule has 0 radical (unpaired) electrons. The minimum absolute atomic E-state index is 0.0875. The van der Waals surface area contributed by atoms with Crippen molar-refractivity contribution >= 4 is 22.6 Å². The Kier molecular flexibility index (Phi) is 2.91. The number of benzene rings is 2. The SMILES string of the molecule is Cc1ccc2[nH]c(=O)n(Cc3ccc(Cl)cc3)c2c1. The Hall–Kier alpha value is -2.00. The van der Waals surface area contributed by atoms with Crippen LogP contribution in [0.3, 0.4) is 0 Å². The van der Waals surface area contributed by atoms with Gasteiger partial charge in [0.1, 0.15) is 0 Å². The van der Waals surface area contributed by atoms with E-state index in [4.69, 9.17) is 11.6 Å². The summed E-state index contributed by atoms with van der Waals surface area (Å²) in [6, 6.07) is 13.5. The summed E-state index contributed by atoms with van der Waals surface area (Å²) in [7, 11) is 0. The second kappa shape index (κ2) is 4.59. The van der Waals surface area contributed by atoms with E-state index in [2.05, 4.69) is 4.98 Å². The van der Waals surface area contributed by atoms with Gasteiger partial charge >= 0.3 is 5.69 Å². The Balaban J connectivity index is 2.09. The molecule has 0 atom stereocenters. The number of imidazole rings is 1. The molecule has 0 aliphatic heterocycles. The van der Waals surface area contributed by atoms with Crippen LogP contribution in [0, 0.1) is 6.92 Å². The summed E-state index contributed by atoms with van der Waals surface area (Å²) in [4.78, 5) is 14.9. The molecule has 0 aliphatic rings. The van der Waals surface area contributed by atoms with Crippen LogP contribution < -0.4 is 5.69 Å². The molecule has 0 spiro atoms. The largest absolute Gasteiger partial charge is 0.326 e. The number of nitrogens with one attached hydrogen (secondary N) is 1. The van der Waals surface area contributed by atoms with Gasteiger partial charge in [0.15, 0.2) is 0 Å². The molecule has 0 unspecified atom stereocenters. The molecule has 3 aromatic rings. The first kappa shape index (κ1) is 12.1. The van der Waals surface area contributed by atoms with Crippen LogP contribution in [-0.4, -0.2) is 9.55 Å². The molecule has 0 saturated heterocycles. The molecule has 3 nitrogen and oxygen atoms in total. The van der Waals surface area contributed by atoms with Gasteiger partial charge in [-0.05, 0) is 42.3 Å². The van der Waals surface area contributed by atoms with Crippen LogP contribution in [0.5, 0.6) is 0 Å². The predicted octanol–water partition coefficient (Wildman–Crippen LogP) is 3.34. The summed E-state index contributed by atoms with van der Waals surface area (Å²) >= 11 is 5.87. The van der Waals surface area contributed by atoms with Crippen molar-refractivity contribution in [2.24, 2.45) is 0 Å². The fourth-order valence-corrected chi connectivity index (χ4v) is 2.32. The Morgan fingerprint density at radius 1 is 1.16 bits per heavy atom. The van der Waals surface area contributed by atoms with Crippen molar-refractivity contribution in [3.8, 4) is 0 Å². The monoisotopic (exact) mass is 272 g/mol. The second-order valence-corrected chi connectivity index (χ2v) is 5.10. The van der Waals surface area contributed by atoms with E-state index in [0.29, 0.717) is 11.6 Å². The number of aryl methyl sites for hydroxylation is 1. The van der Waals surface area contributed by atoms with Crippen LogP contribution >= 0.6 is 11.6 Å². The summed E-state index contributed by atoms with van der Waals surface area (Å²) < 4.78 is 1.74. The van der Waals surface area contributed by atoms with Gasteiger partial charge in [-0.1, -0.05) is 29.8 Å². The fourth-order valence-electron chi connectivity index (χ4n) is 2.19. The maximum Gasteiger partial charge on any atom is 0.326 e. The number of rotatable bonds is 2. The summed E-state index contributed by atoms with van der Waals surface area (Å²) in [5, 5.41) is 0.700. The van der Waals surface area contributed by atoms with Gasteiger partial charge in [-0.3, -0.25) is 4.57 Å². The number of aromatic amines is 1. The molecule has 1 heterocycles. The number of aromatic nitrogens is 2. The number of hydrogen-bond acceptors (Lipinski definition) is 1. The summed E-state index contributed by atoms with van der Waals surface area (Å²) in [6.45, 7) is 2.56. The van der Waals surface area contributed by atoms with Crippen molar-refractivity contribution in [1.82, 2.24) is 9.55 Å². The van der Waals surface area contributed by atoms with Gasteiger partial charge in [-0.25, -0.2) is 4.79 Å². The minimum atomic E-state index is -0.0875. The molecule has 19 heavy (non-hydrogen) atoms. The molecule has 0 amide bonds. The van der Waals surface area contributed by atoms with E-state index in [1.165, 1.54) is 0 Å². The molecule has 0 aliphatic carbocycles. The lowest BCUT2D eigenvalue weighted by Gasteiger charge is -2.04. The van der Waals surface area contributed by atoms with E-state index >= 15 is 0 Å². The highest BCUT2D eigenvalue weighted by Crippen LogP contribution is 2.15.